The Balaban J connectivity index is 2.47. The van der Waals surface area contributed by atoms with Gasteiger partial charge < -0.3 is 15.4 Å². The summed E-state index contributed by atoms with van der Waals surface area (Å²) in [5.41, 5.74) is 5.91. The first-order valence-electron chi connectivity index (χ1n) is 5.67. The van der Waals surface area contributed by atoms with Crippen LogP contribution in [0.4, 0.5) is 0 Å². The molecule has 0 aromatic carbocycles. The number of methoxy groups -OCH3 is 1. The van der Waals surface area contributed by atoms with Crippen LogP contribution in [-0.4, -0.2) is 43.2 Å². The molecule has 1 heterocycles. The number of ether oxygens (including phenoxy) is 1. The van der Waals surface area contributed by atoms with E-state index in [4.69, 9.17) is 10.5 Å². The van der Waals surface area contributed by atoms with Crippen LogP contribution in [0.1, 0.15) is 26.7 Å². The van der Waals surface area contributed by atoms with Crippen molar-refractivity contribution in [1.82, 2.24) is 4.90 Å². The summed E-state index contributed by atoms with van der Waals surface area (Å²) in [5.74, 6) is 0.322. The molecule has 0 bridgehead atoms. The van der Waals surface area contributed by atoms with Crippen LogP contribution >= 0.6 is 0 Å². The summed E-state index contributed by atoms with van der Waals surface area (Å²) < 4.78 is 5.22. The van der Waals surface area contributed by atoms with E-state index >= 15 is 0 Å². The van der Waals surface area contributed by atoms with Gasteiger partial charge in [-0.1, -0.05) is 20.3 Å². The molecule has 1 aliphatic heterocycles. The highest BCUT2D eigenvalue weighted by Crippen LogP contribution is 2.15. The minimum atomic E-state index is -0.356. The first-order valence-corrected chi connectivity index (χ1v) is 5.67. The lowest BCUT2D eigenvalue weighted by molar-refractivity contribution is -0.133. The zero-order chi connectivity index (χ0) is 11.4. The standard InChI is InChI=1S/C11H22N2O2/c1-4-8(2)10(12)11(14)13-6-5-9(7-13)15-3/h8-10H,4-7,12H2,1-3H3. The second kappa shape index (κ2) is 5.47. The molecular weight excluding hydrogens is 192 g/mol. The van der Waals surface area contributed by atoms with Crippen molar-refractivity contribution in [2.24, 2.45) is 11.7 Å². The number of likely N-dealkylation sites (tertiary alicyclic amines) is 1. The predicted octanol–water partition coefficient (Wildman–Crippen LogP) is 0.607. The molecule has 2 N–H and O–H groups in total. The number of rotatable bonds is 4. The average molecular weight is 214 g/mol. The molecule has 0 spiro atoms. The molecule has 1 amide bonds. The summed E-state index contributed by atoms with van der Waals surface area (Å²) in [6.07, 6.45) is 2.06. The molecule has 0 aromatic rings. The lowest BCUT2D eigenvalue weighted by atomic mass is 9.99. The minimum absolute atomic E-state index is 0.0731. The van der Waals surface area contributed by atoms with Gasteiger partial charge in [0, 0.05) is 20.2 Å². The second-order valence-corrected chi connectivity index (χ2v) is 4.34. The minimum Gasteiger partial charge on any atom is -0.380 e. The van der Waals surface area contributed by atoms with Crippen molar-refractivity contribution < 1.29 is 9.53 Å². The SMILES string of the molecule is CCC(C)C(N)C(=O)N1CCC(OC)C1. The van der Waals surface area contributed by atoms with E-state index < -0.39 is 0 Å². The highest BCUT2D eigenvalue weighted by atomic mass is 16.5. The largest absolute Gasteiger partial charge is 0.380 e. The van der Waals surface area contributed by atoms with Crippen molar-refractivity contribution in [2.75, 3.05) is 20.2 Å². The highest BCUT2D eigenvalue weighted by Gasteiger charge is 2.30. The summed E-state index contributed by atoms with van der Waals surface area (Å²) in [5, 5.41) is 0. The van der Waals surface area contributed by atoms with Crippen molar-refractivity contribution >= 4 is 5.91 Å². The molecule has 1 saturated heterocycles. The Morgan fingerprint density at radius 2 is 2.33 bits per heavy atom. The Hall–Kier alpha value is -0.610. The summed E-state index contributed by atoms with van der Waals surface area (Å²) in [6, 6.07) is -0.356. The Morgan fingerprint density at radius 1 is 1.67 bits per heavy atom. The van der Waals surface area contributed by atoms with Crippen LogP contribution in [0.2, 0.25) is 0 Å². The Bertz CT molecular complexity index is 221. The molecule has 1 rings (SSSR count). The van der Waals surface area contributed by atoms with E-state index in [1.165, 1.54) is 0 Å². The van der Waals surface area contributed by atoms with Gasteiger partial charge in [0.05, 0.1) is 12.1 Å². The molecule has 4 nitrogen and oxygen atoms in total. The maximum atomic E-state index is 12.0. The quantitative estimate of drug-likeness (QED) is 0.746. The third-order valence-electron chi connectivity index (χ3n) is 3.33. The molecule has 0 aromatic heterocycles. The summed E-state index contributed by atoms with van der Waals surface area (Å²) >= 11 is 0. The van der Waals surface area contributed by atoms with Gasteiger partial charge in [0.2, 0.25) is 5.91 Å². The van der Waals surface area contributed by atoms with E-state index in [2.05, 4.69) is 6.92 Å². The molecule has 0 saturated carbocycles. The third kappa shape index (κ3) is 2.92. The van der Waals surface area contributed by atoms with Gasteiger partial charge in [-0.3, -0.25) is 4.79 Å². The molecule has 3 unspecified atom stereocenters. The number of nitrogens with zero attached hydrogens (tertiary/aromatic N) is 1. The first-order chi connectivity index (χ1) is 7.10. The monoisotopic (exact) mass is 214 g/mol. The number of hydrogen-bond acceptors (Lipinski definition) is 3. The van der Waals surface area contributed by atoms with Crippen molar-refractivity contribution in [3.05, 3.63) is 0 Å². The average Bonchev–Trinajstić information content (AvgIpc) is 2.74. The number of amides is 1. The summed E-state index contributed by atoms with van der Waals surface area (Å²) in [7, 11) is 1.69. The van der Waals surface area contributed by atoms with Crippen LogP contribution in [0.3, 0.4) is 0 Å². The fraction of sp³-hybridized carbons (Fsp3) is 0.909. The van der Waals surface area contributed by atoms with Gasteiger partial charge in [-0.05, 0) is 12.3 Å². The molecular formula is C11H22N2O2. The van der Waals surface area contributed by atoms with E-state index in [-0.39, 0.29) is 24.0 Å². The van der Waals surface area contributed by atoms with Crippen LogP contribution in [0.5, 0.6) is 0 Å². The summed E-state index contributed by atoms with van der Waals surface area (Å²) in [4.78, 5) is 13.8. The second-order valence-electron chi connectivity index (χ2n) is 4.34. The van der Waals surface area contributed by atoms with Crippen molar-refractivity contribution in [3.8, 4) is 0 Å². The molecule has 3 atom stereocenters. The first kappa shape index (κ1) is 12.5. The van der Waals surface area contributed by atoms with E-state index in [0.29, 0.717) is 6.54 Å². The fourth-order valence-corrected chi connectivity index (χ4v) is 1.83. The number of carbonyl (C=O) groups excluding carboxylic acids is 1. The van der Waals surface area contributed by atoms with Gasteiger partial charge in [-0.15, -0.1) is 0 Å². The molecule has 1 fully saturated rings. The molecule has 4 heteroatoms. The normalized spacial score (nSPS) is 25.3. The Morgan fingerprint density at radius 3 is 2.80 bits per heavy atom. The predicted molar refractivity (Wildman–Crippen MR) is 59.4 cm³/mol. The van der Waals surface area contributed by atoms with Crippen LogP contribution in [0, 0.1) is 5.92 Å². The molecule has 1 aliphatic rings. The maximum absolute atomic E-state index is 12.0. The van der Waals surface area contributed by atoms with Gasteiger partial charge in [-0.2, -0.15) is 0 Å². The van der Waals surface area contributed by atoms with Crippen molar-refractivity contribution in [2.45, 2.75) is 38.8 Å². The Labute approximate surface area is 91.8 Å². The zero-order valence-electron chi connectivity index (χ0n) is 9.90. The molecule has 15 heavy (non-hydrogen) atoms. The van der Waals surface area contributed by atoms with Crippen LogP contribution < -0.4 is 5.73 Å². The fourth-order valence-electron chi connectivity index (χ4n) is 1.83. The lowest BCUT2D eigenvalue weighted by Crippen LogP contribution is -2.46. The van der Waals surface area contributed by atoms with Gasteiger partial charge in [0.25, 0.3) is 0 Å². The Kier molecular flexibility index (Phi) is 4.54. The highest BCUT2D eigenvalue weighted by molar-refractivity contribution is 5.82. The van der Waals surface area contributed by atoms with Gasteiger partial charge in [0.15, 0.2) is 0 Å². The van der Waals surface area contributed by atoms with Gasteiger partial charge in [-0.25, -0.2) is 0 Å². The number of nitrogens with two attached hydrogens (primary N) is 1. The lowest BCUT2D eigenvalue weighted by Gasteiger charge is -2.24. The number of carbonyl (C=O) groups is 1. The van der Waals surface area contributed by atoms with Crippen LogP contribution in [-0.2, 0) is 9.53 Å². The van der Waals surface area contributed by atoms with Crippen LogP contribution in [0.15, 0.2) is 0 Å². The molecule has 88 valence electrons. The molecule has 0 aliphatic carbocycles. The van der Waals surface area contributed by atoms with Gasteiger partial charge >= 0.3 is 0 Å². The topological polar surface area (TPSA) is 55.6 Å². The van der Waals surface area contributed by atoms with E-state index in [1.54, 1.807) is 7.11 Å². The smallest absolute Gasteiger partial charge is 0.239 e. The third-order valence-corrected chi connectivity index (χ3v) is 3.33. The van der Waals surface area contributed by atoms with E-state index in [0.717, 1.165) is 19.4 Å². The zero-order valence-corrected chi connectivity index (χ0v) is 9.90. The van der Waals surface area contributed by atoms with Gasteiger partial charge in [0.1, 0.15) is 0 Å². The van der Waals surface area contributed by atoms with Crippen molar-refractivity contribution in [3.63, 3.8) is 0 Å². The summed E-state index contributed by atoms with van der Waals surface area (Å²) in [6.45, 7) is 5.55. The van der Waals surface area contributed by atoms with Crippen LogP contribution in [0.25, 0.3) is 0 Å². The number of hydrogen-bond donors (Lipinski definition) is 1. The maximum Gasteiger partial charge on any atom is 0.239 e. The molecule has 0 radical (unpaired) electrons. The van der Waals surface area contributed by atoms with E-state index in [1.807, 2.05) is 11.8 Å². The van der Waals surface area contributed by atoms with Crippen molar-refractivity contribution in [1.29, 1.82) is 0 Å². The van der Waals surface area contributed by atoms with E-state index in [9.17, 15) is 4.79 Å².